The zero-order chi connectivity index (χ0) is 40.4. The first-order chi connectivity index (χ1) is 30.1. The first-order valence-electron chi connectivity index (χ1n) is 21.0. The van der Waals surface area contributed by atoms with Crippen LogP contribution in [-0.4, -0.2) is 16.1 Å². The van der Waals surface area contributed by atoms with Crippen molar-refractivity contribution in [3.63, 3.8) is 0 Å². The van der Waals surface area contributed by atoms with Gasteiger partial charge in [0.15, 0.2) is 11.4 Å². The molecule has 0 N–H and O–H groups in total. The van der Waals surface area contributed by atoms with Crippen molar-refractivity contribution in [3.8, 4) is 16.8 Å². The molecule has 1 aliphatic rings. The van der Waals surface area contributed by atoms with Crippen molar-refractivity contribution in [1.29, 1.82) is 0 Å². The number of aliphatic imine (C=N–C) groups is 2. The van der Waals surface area contributed by atoms with Crippen molar-refractivity contribution < 1.29 is 4.42 Å². The highest BCUT2D eigenvalue weighted by Gasteiger charge is 2.25. The Morgan fingerprint density at radius 3 is 2.03 bits per heavy atom. The molecule has 0 fully saturated rings. The van der Waals surface area contributed by atoms with Crippen LogP contribution in [0, 0.1) is 5.92 Å². The van der Waals surface area contributed by atoms with E-state index in [0.717, 1.165) is 78.7 Å². The monoisotopic (exact) mass is 781 g/mol. The summed E-state index contributed by atoms with van der Waals surface area (Å²) >= 11 is 0. The van der Waals surface area contributed by atoms with Gasteiger partial charge in [-0.05, 0) is 93.2 Å². The average molecular weight is 782 g/mol. The first-order valence-corrected chi connectivity index (χ1v) is 21.0. The van der Waals surface area contributed by atoms with Gasteiger partial charge in [-0.2, -0.15) is 0 Å². The van der Waals surface area contributed by atoms with Gasteiger partial charge in [0.05, 0.1) is 28.1 Å². The third-order valence-corrected chi connectivity index (χ3v) is 12.4. The fourth-order valence-electron chi connectivity index (χ4n) is 9.39. The summed E-state index contributed by atoms with van der Waals surface area (Å²) in [5, 5.41) is 9.22. The molecule has 3 heterocycles. The van der Waals surface area contributed by atoms with E-state index in [1.807, 2.05) is 6.07 Å². The smallest absolute Gasteiger partial charge is 0.160 e. The molecule has 288 valence electrons. The summed E-state index contributed by atoms with van der Waals surface area (Å²) in [4.78, 5) is 11.2. The highest BCUT2D eigenvalue weighted by atomic mass is 16.3. The minimum absolute atomic E-state index is 0.107. The number of para-hydroxylation sites is 2. The largest absolute Gasteiger partial charge is 0.454 e. The maximum Gasteiger partial charge on any atom is 0.160 e. The normalized spacial score (nSPS) is 15.6. The van der Waals surface area contributed by atoms with Crippen molar-refractivity contribution in [2.75, 3.05) is 0 Å². The molecule has 1 aliphatic heterocycles. The Bertz CT molecular complexity index is 3640. The van der Waals surface area contributed by atoms with Gasteiger partial charge in [-0.1, -0.05) is 159 Å². The van der Waals surface area contributed by atoms with Crippen LogP contribution in [0.15, 0.2) is 215 Å². The van der Waals surface area contributed by atoms with Crippen molar-refractivity contribution in [2.24, 2.45) is 15.9 Å². The molecule has 1 unspecified atom stereocenters. The van der Waals surface area contributed by atoms with Crippen molar-refractivity contribution >= 4 is 82.5 Å². The topological polar surface area (TPSA) is 42.8 Å². The Balaban J connectivity index is 1.13. The summed E-state index contributed by atoms with van der Waals surface area (Å²) < 4.78 is 9.37. The van der Waals surface area contributed by atoms with Crippen LogP contribution < -0.4 is 0 Å². The van der Waals surface area contributed by atoms with Gasteiger partial charge >= 0.3 is 0 Å². The van der Waals surface area contributed by atoms with E-state index >= 15 is 0 Å². The van der Waals surface area contributed by atoms with Gasteiger partial charge in [-0.3, -0.25) is 0 Å². The summed E-state index contributed by atoms with van der Waals surface area (Å²) in [5.74, 6) is 0.762. The van der Waals surface area contributed by atoms with Crippen LogP contribution in [0.3, 0.4) is 0 Å². The van der Waals surface area contributed by atoms with E-state index in [1.165, 1.54) is 37.9 Å². The van der Waals surface area contributed by atoms with Crippen molar-refractivity contribution in [3.05, 3.63) is 217 Å². The predicted octanol–water partition coefficient (Wildman–Crippen LogP) is 15.0. The number of benzene rings is 9. The molecule has 11 aromatic rings. The van der Waals surface area contributed by atoms with Crippen LogP contribution in [0.25, 0.3) is 87.8 Å². The second kappa shape index (κ2) is 14.2. The lowest BCUT2D eigenvalue weighted by atomic mass is 9.91. The number of nitrogens with zero attached hydrogens (tertiary/aromatic N) is 3. The average Bonchev–Trinajstić information content (AvgIpc) is 3.86. The highest BCUT2D eigenvalue weighted by Crippen LogP contribution is 2.41. The molecule has 9 aromatic carbocycles. The molecule has 0 aliphatic carbocycles. The summed E-state index contributed by atoms with van der Waals surface area (Å²) in [7, 11) is 0. The number of amidine groups is 1. The highest BCUT2D eigenvalue weighted by molar-refractivity contribution is 6.24. The van der Waals surface area contributed by atoms with Crippen LogP contribution in [0.1, 0.15) is 30.0 Å². The molecule has 0 spiro atoms. The Morgan fingerprint density at radius 2 is 1.18 bits per heavy atom. The minimum Gasteiger partial charge on any atom is -0.454 e. The zero-order valence-electron chi connectivity index (χ0n) is 33.6. The number of hydrogen-bond acceptors (Lipinski definition) is 3. The summed E-state index contributed by atoms with van der Waals surface area (Å²) in [6.07, 6.45) is 3.09. The maximum absolute atomic E-state index is 7.00. The van der Waals surface area contributed by atoms with E-state index in [0.29, 0.717) is 5.84 Å². The fourth-order valence-corrected chi connectivity index (χ4v) is 9.39. The molecular weight excluding hydrogens is 743 g/mol. The predicted molar refractivity (Wildman–Crippen MR) is 256 cm³/mol. The SMILES string of the molecule is CC1C/C=C(\c2ccc3ccccc3c2)N=C(c2ccc(-n3c4ccccc4c4cc5ccccc5cc43)c3oc4ccccc4c23)N=C1c1cccc(-c2ccccc2)c1. The van der Waals surface area contributed by atoms with E-state index in [1.54, 1.807) is 0 Å². The van der Waals surface area contributed by atoms with Crippen molar-refractivity contribution in [1.82, 2.24) is 4.57 Å². The lowest BCUT2D eigenvalue weighted by molar-refractivity contribution is 0.666. The van der Waals surface area contributed by atoms with Crippen LogP contribution in [0.4, 0.5) is 0 Å². The summed E-state index contributed by atoms with van der Waals surface area (Å²) in [6, 6.07) is 69.2. The van der Waals surface area contributed by atoms with E-state index in [2.05, 4.69) is 206 Å². The van der Waals surface area contributed by atoms with Gasteiger partial charge in [-0.15, -0.1) is 0 Å². The Hall–Kier alpha value is -7.82. The maximum atomic E-state index is 7.00. The summed E-state index contributed by atoms with van der Waals surface area (Å²) in [5.41, 5.74) is 12.2. The first kappa shape index (κ1) is 35.2. The van der Waals surface area contributed by atoms with Crippen LogP contribution in [0.2, 0.25) is 0 Å². The minimum atomic E-state index is 0.107. The molecule has 2 aromatic heterocycles. The standard InChI is InChI=1S/C57H39N3O/c1-36-26-30-49(43-28-27-38-16-5-6-17-39(38)32-43)58-57(59-55(36)44-21-13-20-40(33-44)37-14-3-2-4-15-37)47-29-31-51(56-54(47)46-23-10-12-25-53(46)61-56)60-50-24-11-9-22-45(50)48-34-41-18-7-8-19-42(41)35-52(48)60/h2-25,27-36H,26H2,1H3/b49-30+,58-57?,59-55?. The van der Waals surface area contributed by atoms with Gasteiger partial charge in [0.1, 0.15) is 5.58 Å². The van der Waals surface area contributed by atoms with Crippen LogP contribution >= 0.6 is 0 Å². The second-order valence-electron chi connectivity index (χ2n) is 16.2. The Labute approximate surface area is 353 Å². The lowest BCUT2D eigenvalue weighted by Gasteiger charge is -2.20. The van der Waals surface area contributed by atoms with Gasteiger partial charge in [0, 0.05) is 38.6 Å². The third-order valence-electron chi connectivity index (χ3n) is 12.4. The van der Waals surface area contributed by atoms with E-state index in [4.69, 9.17) is 14.4 Å². The van der Waals surface area contributed by atoms with Crippen LogP contribution in [0.5, 0.6) is 0 Å². The number of allylic oxidation sites excluding steroid dienone is 1. The number of aromatic nitrogens is 1. The molecule has 0 saturated heterocycles. The molecule has 12 rings (SSSR count). The zero-order valence-corrected chi connectivity index (χ0v) is 33.6. The second-order valence-corrected chi connectivity index (χ2v) is 16.2. The van der Waals surface area contributed by atoms with Gasteiger partial charge in [0.2, 0.25) is 0 Å². The van der Waals surface area contributed by atoms with E-state index in [9.17, 15) is 0 Å². The Kier molecular flexibility index (Phi) is 8.17. The number of rotatable bonds is 5. The molecular formula is C57H39N3O. The molecule has 1 atom stereocenters. The summed E-state index contributed by atoms with van der Waals surface area (Å²) in [6.45, 7) is 2.28. The molecule has 0 radical (unpaired) electrons. The third kappa shape index (κ3) is 5.90. The molecule has 0 saturated carbocycles. The quantitative estimate of drug-likeness (QED) is 0.171. The van der Waals surface area contributed by atoms with Crippen LogP contribution in [-0.2, 0) is 0 Å². The van der Waals surface area contributed by atoms with E-state index in [-0.39, 0.29) is 5.92 Å². The van der Waals surface area contributed by atoms with Gasteiger partial charge in [0.25, 0.3) is 0 Å². The van der Waals surface area contributed by atoms with Crippen molar-refractivity contribution in [2.45, 2.75) is 13.3 Å². The van der Waals surface area contributed by atoms with Gasteiger partial charge < -0.3 is 8.98 Å². The number of hydrogen-bond donors (Lipinski definition) is 0. The molecule has 0 amide bonds. The molecule has 61 heavy (non-hydrogen) atoms. The molecule has 4 heteroatoms. The van der Waals surface area contributed by atoms with E-state index < -0.39 is 0 Å². The number of fused-ring (bicyclic) bond motifs is 8. The molecule has 0 bridgehead atoms. The fraction of sp³-hybridized carbons (Fsp3) is 0.0526. The van der Waals surface area contributed by atoms with Gasteiger partial charge in [-0.25, -0.2) is 9.98 Å². The lowest BCUT2D eigenvalue weighted by Crippen LogP contribution is -2.17. The Morgan fingerprint density at radius 1 is 0.492 bits per heavy atom. The molecule has 4 nitrogen and oxygen atoms in total. The number of furan rings is 1.